The maximum atomic E-state index is 14.8. The minimum atomic E-state index is -0.922. The largest absolute Gasteiger partial charge is 0.497 e. The third-order valence-corrected chi connectivity index (χ3v) is 5.38. The topological polar surface area (TPSA) is 109 Å². The second kappa shape index (κ2) is 9.89. The maximum Gasteiger partial charge on any atom is 0.319 e. The number of hydrogen-bond acceptors (Lipinski definition) is 5. The summed E-state index contributed by atoms with van der Waals surface area (Å²) >= 11 is 0. The van der Waals surface area contributed by atoms with Crippen molar-refractivity contribution < 1.29 is 18.7 Å². The van der Waals surface area contributed by atoms with Gasteiger partial charge in [0, 0.05) is 23.9 Å². The molecule has 176 valence electrons. The van der Waals surface area contributed by atoms with Crippen LogP contribution in [0.1, 0.15) is 38.3 Å². The van der Waals surface area contributed by atoms with E-state index in [1.807, 2.05) is 13.8 Å². The standard InChI is InChI=1S/C24H30FN5O3/c1-15(2)12-24(3)21(31)30(22(26)29-24)14-17-9-8-16(10-20(17)25)13-27-23(32)28-18-6-5-7-19(11-18)33-4/h5-11,15H,12-14H2,1-4H3,(H2,26,29)(H2,27,28,32). The zero-order valence-electron chi connectivity index (χ0n) is 19.3. The highest BCUT2D eigenvalue weighted by Gasteiger charge is 2.44. The lowest BCUT2D eigenvalue weighted by molar-refractivity contribution is -0.131. The van der Waals surface area contributed by atoms with Crippen LogP contribution in [-0.2, 0) is 17.9 Å². The number of carbonyl (C=O) groups excluding carboxylic acids is 2. The molecule has 2 aromatic rings. The fourth-order valence-corrected chi connectivity index (χ4v) is 3.89. The number of anilines is 1. The van der Waals surface area contributed by atoms with Crippen molar-refractivity contribution in [2.24, 2.45) is 16.6 Å². The molecule has 9 heteroatoms. The number of hydrogen-bond donors (Lipinski definition) is 3. The number of halogens is 1. The van der Waals surface area contributed by atoms with E-state index in [4.69, 9.17) is 10.5 Å². The predicted octanol–water partition coefficient (Wildman–Crippen LogP) is 3.62. The number of ether oxygens (including phenoxy) is 1. The zero-order chi connectivity index (χ0) is 24.2. The molecular formula is C24H30FN5O3. The Morgan fingerprint density at radius 1 is 1.27 bits per heavy atom. The molecule has 0 aromatic heterocycles. The van der Waals surface area contributed by atoms with Gasteiger partial charge < -0.3 is 21.1 Å². The number of nitrogens with one attached hydrogen (secondary N) is 2. The van der Waals surface area contributed by atoms with E-state index in [0.717, 1.165) is 0 Å². The van der Waals surface area contributed by atoms with Crippen molar-refractivity contribution in [1.29, 1.82) is 0 Å². The predicted molar refractivity (Wildman–Crippen MR) is 125 cm³/mol. The number of benzene rings is 2. The lowest BCUT2D eigenvalue weighted by atomic mass is 9.91. The van der Waals surface area contributed by atoms with E-state index in [9.17, 15) is 14.0 Å². The van der Waals surface area contributed by atoms with Crippen LogP contribution < -0.4 is 21.1 Å². The number of aliphatic imine (C=N–C) groups is 1. The van der Waals surface area contributed by atoms with Gasteiger partial charge >= 0.3 is 6.03 Å². The summed E-state index contributed by atoms with van der Waals surface area (Å²) < 4.78 is 19.9. The summed E-state index contributed by atoms with van der Waals surface area (Å²) in [6.07, 6.45) is 0.563. The van der Waals surface area contributed by atoms with Gasteiger partial charge in [0.05, 0.1) is 13.7 Å². The number of rotatable bonds is 8. The number of carbonyl (C=O) groups is 2. The molecule has 0 spiro atoms. The molecule has 8 nitrogen and oxygen atoms in total. The number of guanidine groups is 1. The SMILES string of the molecule is COc1cccc(NC(=O)NCc2ccc(CN3C(=O)C(C)(CC(C)C)N=C3N)c(F)c2)c1. The zero-order valence-corrected chi connectivity index (χ0v) is 19.3. The van der Waals surface area contributed by atoms with Gasteiger partial charge in [0.1, 0.15) is 17.1 Å². The van der Waals surface area contributed by atoms with E-state index in [1.54, 1.807) is 50.4 Å². The lowest BCUT2D eigenvalue weighted by Gasteiger charge is -2.23. The Bertz CT molecular complexity index is 1070. The molecule has 1 aliphatic heterocycles. The first-order chi connectivity index (χ1) is 15.6. The molecule has 33 heavy (non-hydrogen) atoms. The minimum absolute atomic E-state index is 0.00226. The molecule has 3 amide bonds. The van der Waals surface area contributed by atoms with Gasteiger partial charge in [0.2, 0.25) is 0 Å². The van der Waals surface area contributed by atoms with Gasteiger partial charge in [-0.25, -0.2) is 14.2 Å². The van der Waals surface area contributed by atoms with Crippen LogP contribution in [0.3, 0.4) is 0 Å². The Labute approximate surface area is 193 Å². The average Bonchev–Trinajstić information content (AvgIpc) is 2.95. The molecule has 0 saturated heterocycles. The Balaban J connectivity index is 1.59. The molecule has 1 unspecified atom stereocenters. The molecule has 1 aliphatic rings. The normalized spacial score (nSPS) is 17.8. The minimum Gasteiger partial charge on any atom is -0.497 e. The van der Waals surface area contributed by atoms with Gasteiger partial charge in [0.15, 0.2) is 5.96 Å². The van der Waals surface area contributed by atoms with Crippen LogP contribution in [0, 0.1) is 11.7 Å². The molecule has 0 bridgehead atoms. The molecule has 2 aromatic carbocycles. The summed E-state index contributed by atoms with van der Waals surface area (Å²) in [5.74, 6) is 0.272. The van der Waals surface area contributed by atoms with Crippen molar-refractivity contribution in [2.75, 3.05) is 12.4 Å². The van der Waals surface area contributed by atoms with Gasteiger partial charge in [0.25, 0.3) is 5.91 Å². The van der Waals surface area contributed by atoms with Gasteiger partial charge in [-0.05, 0) is 43.0 Å². The van der Waals surface area contributed by atoms with E-state index in [1.165, 1.54) is 11.0 Å². The van der Waals surface area contributed by atoms with Crippen LogP contribution in [-0.4, -0.2) is 35.4 Å². The Hall–Kier alpha value is -3.62. The highest BCUT2D eigenvalue weighted by molar-refractivity contribution is 6.06. The van der Waals surface area contributed by atoms with Gasteiger partial charge in [-0.2, -0.15) is 0 Å². The Morgan fingerprint density at radius 2 is 2.03 bits per heavy atom. The summed E-state index contributed by atoms with van der Waals surface area (Å²) in [6, 6.07) is 11.2. The molecule has 1 heterocycles. The van der Waals surface area contributed by atoms with E-state index >= 15 is 0 Å². The van der Waals surface area contributed by atoms with Crippen molar-refractivity contribution in [2.45, 2.75) is 45.8 Å². The fraction of sp³-hybridized carbons (Fsp3) is 0.375. The maximum absolute atomic E-state index is 14.8. The number of nitrogens with two attached hydrogens (primary N) is 1. The van der Waals surface area contributed by atoms with Crippen molar-refractivity contribution in [1.82, 2.24) is 10.2 Å². The summed E-state index contributed by atoms with van der Waals surface area (Å²) in [5.41, 5.74) is 6.53. The van der Waals surface area contributed by atoms with Crippen molar-refractivity contribution >= 4 is 23.6 Å². The average molecular weight is 456 g/mol. The summed E-state index contributed by atoms with van der Waals surface area (Å²) in [4.78, 5) is 30.7. The van der Waals surface area contributed by atoms with Crippen LogP contribution in [0.2, 0.25) is 0 Å². The molecule has 0 fully saturated rings. The van der Waals surface area contributed by atoms with Crippen molar-refractivity contribution in [3.63, 3.8) is 0 Å². The van der Waals surface area contributed by atoms with Crippen molar-refractivity contribution in [3.05, 3.63) is 59.4 Å². The van der Waals surface area contributed by atoms with Crippen LogP contribution in [0.4, 0.5) is 14.9 Å². The molecule has 0 aliphatic carbocycles. The van der Waals surface area contributed by atoms with Gasteiger partial charge in [-0.1, -0.05) is 32.0 Å². The van der Waals surface area contributed by atoms with E-state index < -0.39 is 17.4 Å². The fourth-order valence-electron chi connectivity index (χ4n) is 3.89. The highest BCUT2D eigenvalue weighted by atomic mass is 19.1. The first-order valence-electron chi connectivity index (χ1n) is 10.7. The molecule has 1 atom stereocenters. The molecule has 3 rings (SSSR count). The summed E-state index contributed by atoms with van der Waals surface area (Å²) in [5, 5.41) is 5.38. The third-order valence-electron chi connectivity index (χ3n) is 5.38. The van der Waals surface area contributed by atoms with Crippen LogP contribution in [0.25, 0.3) is 0 Å². The quantitative estimate of drug-likeness (QED) is 0.565. The molecular weight excluding hydrogens is 425 g/mol. The number of urea groups is 1. The monoisotopic (exact) mass is 455 g/mol. The number of nitrogens with zero attached hydrogens (tertiary/aromatic N) is 2. The van der Waals surface area contributed by atoms with Gasteiger partial charge in [-0.15, -0.1) is 0 Å². The Morgan fingerprint density at radius 3 is 2.70 bits per heavy atom. The van der Waals surface area contributed by atoms with Crippen LogP contribution >= 0.6 is 0 Å². The smallest absolute Gasteiger partial charge is 0.319 e. The molecule has 0 saturated carbocycles. The second-order valence-corrected chi connectivity index (χ2v) is 8.70. The van der Waals surface area contributed by atoms with E-state index in [-0.39, 0.29) is 30.9 Å². The first-order valence-corrected chi connectivity index (χ1v) is 10.7. The van der Waals surface area contributed by atoms with Crippen LogP contribution in [0.15, 0.2) is 47.5 Å². The Kier molecular flexibility index (Phi) is 7.20. The molecule has 4 N–H and O–H groups in total. The van der Waals surface area contributed by atoms with E-state index in [0.29, 0.717) is 29.0 Å². The van der Waals surface area contributed by atoms with Gasteiger partial charge in [-0.3, -0.25) is 9.69 Å². The lowest BCUT2D eigenvalue weighted by Crippen LogP contribution is -2.43. The first kappa shape index (κ1) is 24.0. The van der Waals surface area contributed by atoms with Crippen molar-refractivity contribution in [3.8, 4) is 5.75 Å². The molecule has 0 radical (unpaired) electrons. The highest BCUT2D eigenvalue weighted by Crippen LogP contribution is 2.29. The third kappa shape index (κ3) is 5.79. The van der Waals surface area contributed by atoms with Crippen LogP contribution in [0.5, 0.6) is 5.75 Å². The van der Waals surface area contributed by atoms with E-state index in [2.05, 4.69) is 15.6 Å². The summed E-state index contributed by atoms with van der Waals surface area (Å²) in [6.45, 7) is 5.90. The number of amides is 3. The number of methoxy groups -OCH3 is 1. The summed E-state index contributed by atoms with van der Waals surface area (Å²) in [7, 11) is 1.54. The second-order valence-electron chi connectivity index (χ2n) is 8.70.